The zero-order valence-electron chi connectivity index (χ0n) is 12.3. The molecule has 0 aliphatic heterocycles. The monoisotopic (exact) mass is 295 g/mol. The van der Waals surface area contributed by atoms with Gasteiger partial charge in [-0.15, -0.1) is 0 Å². The summed E-state index contributed by atoms with van der Waals surface area (Å²) in [5.41, 5.74) is 8.42. The average Bonchev–Trinajstić information content (AvgIpc) is 2.52. The van der Waals surface area contributed by atoms with Crippen LogP contribution in [-0.4, -0.2) is 12.5 Å². The highest BCUT2D eigenvalue weighted by atomic mass is 16.5. The molecule has 0 aliphatic carbocycles. The number of hydrogen-bond acceptors (Lipinski definition) is 4. The molecule has 5 nitrogen and oxygen atoms in total. The number of carbonyl (C=O) groups excluding carboxylic acids is 1. The van der Waals surface area contributed by atoms with Crippen molar-refractivity contribution in [3.8, 4) is 11.8 Å². The molecule has 0 aliphatic rings. The van der Waals surface area contributed by atoms with Crippen molar-refractivity contribution in [2.24, 2.45) is 0 Å². The van der Waals surface area contributed by atoms with Gasteiger partial charge < -0.3 is 15.8 Å². The van der Waals surface area contributed by atoms with E-state index in [-0.39, 0.29) is 18.9 Å². The maximum absolute atomic E-state index is 11.9. The fraction of sp³-hybridized carbons (Fsp3) is 0.176. The van der Waals surface area contributed by atoms with E-state index in [2.05, 4.69) is 5.32 Å². The van der Waals surface area contributed by atoms with Gasteiger partial charge in [-0.1, -0.05) is 18.2 Å². The topological polar surface area (TPSA) is 88.1 Å². The van der Waals surface area contributed by atoms with Gasteiger partial charge in [0.1, 0.15) is 11.8 Å². The van der Waals surface area contributed by atoms with Crippen LogP contribution in [-0.2, 0) is 4.79 Å². The first-order valence-electron chi connectivity index (χ1n) is 6.88. The molecule has 112 valence electrons. The average molecular weight is 295 g/mol. The summed E-state index contributed by atoms with van der Waals surface area (Å²) in [6.45, 7) is 2.05. The number of para-hydroxylation sites is 1. The lowest BCUT2D eigenvalue weighted by atomic mass is 10.1. The summed E-state index contributed by atoms with van der Waals surface area (Å²) in [5, 5.41) is 11.8. The number of nitrogen functional groups attached to an aromatic ring is 1. The molecule has 0 saturated carbocycles. The zero-order valence-corrected chi connectivity index (χ0v) is 12.3. The lowest BCUT2D eigenvalue weighted by molar-refractivity contribution is -0.116. The second-order valence-electron chi connectivity index (χ2n) is 4.77. The Bertz CT molecular complexity index is 720. The molecule has 2 aromatic rings. The molecular weight excluding hydrogens is 278 g/mol. The fourth-order valence-electron chi connectivity index (χ4n) is 1.94. The lowest BCUT2D eigenvalue weighted by Crippen LogP contribution is -2.16. The highest BCUT2D eigenvalue weighted by molar-refractivity contribution is 5.92. The summed E-state index contributed by atoms with van der Waals surface area (Å²) >= 11 is 0. The molecule has 0 spiro atoms. The predicted octanol–water partition coefficient (Wildman–Crippen LogP) is 2.86. The second-order valence-corrected chi connectivity index (χ2v) is 4.77. The Labute approximate surface area is 129 Å². The van der Waals surface area contributed by atoms with Crippen molar-refractivity contribution in [2.75, 3.05) is 17.7 Å². The molecule has 0 atom stereocenters. The highest BCUT2D eigenvalue weighted by Gasteiger charge is 2.07. The Morgan fingerprint density at radius 3 is 2.82 bits per heavy atom. The number of carbonyl (C=O) groups is 1. The maximum Gasteiger partial charge on any atom is 0.227 e. The van der Waals surface area contributed by atoms with Crippen LogP contribution >= 0.6 is 0 Å². The molecule has 1 amide bonds. The van der Waals surface area contributed by atoms with Gasteiger partial charge in [-0.25, -0.2) is 0 Å². The second kappa shape index (κ2) is 7.14. The predicted molar refractivity (Wildman–Crippen MR) is 85.5 cm³/mol. The Morgan fingerprint density at radius 1 is 1.27 bits per heavy atom. The number of ether oxygens (including phenoxy) is 1. The maximum atomic E-state index is 11.9. The number of hydrogen-bond donors (Lipinski definition) is 2. The Morgan fingerprint density at radius 2 is 2.05 bits per heavy atom. The van der Waals surface area contributed by atoms with Crippen molar-refractivity contribution in [2.45, 2.75) is 13.3 Å². The Hall–Kier alpha value is -3.00. The van der Waals surface area contributed by atoms with Crippen LogP contribution in [0.5, 0.6) is 5.75 Å². The van der Waals surface area contributed by atoms with Crippen molar-refractivity contribution >= 4 is 17.3 Å². The zero-order chi connectivity index (χ0) is 15.9. The van der Waals surface area contributed by atoms with Gasteiger partial charge in [0.2, 0.25) is 5.91 Å². The van der Waals surface area contributed by atoms with Crippen molar-refractivity contribution in [3.05, 3.63) is 53.6 Å². The van der Waals surface area contributed by atoms with E-state index in [1.165, 1.54) is 0 Å². The van der Waals surface area contributed by atoms with Crippen LogP contribution in [0.4, 0.5) is 11.4 Å². The molecule has 0 bridgehead atoms. The standard InChI is InChI=1S/C17H17N3O2/c1-12-14(19)6-4-7-15(12)20-17(21)9-10-22-16-8-3-2-5-13(16)11-18/h2-8H,9-10,19H2,1H3,(H,20,21). The Kier molecular flexibility index (Phi) is 4.99. The van der Waals surface area contributed by atoms with Crippen LogP contribution in [0.1, 0.15) is 17.5 Å². The van der Waals surface area contributed by atoms with Crippen LogP contribution in [0.25, 0.3) is 0 Å². The van der Waals surface area contributed by atoms with Crippen LogP contribution < -0.4 is 15.8 Å². The van der Waals surface area contributed by atoms with Crippen molar-refractivity contribution < 1.29 is 9.53 Å². The lowest BCUT2D eigenvalue weighted by Gasteiger charge is -2.11. The first-order chi connectivity index (χ1) is 10.6. The largest absolute Gasteiger partial charge is 0.492 e. The number of benzene rings is 2. The molecule has 5 heteroatoms. The van der Waals surface area contributed by atoms with E-state index in [0.717, 1.165) is 5.56 Å². The molecule has 2 rings (SSSR count). The van der Waals surface area contributed by atoms with Gasteiger partial charge >= 0.3 is 0 Å². The molecule has 0 unspecified atom stereocenters. The number of nitrogens with two attached hydrogens (primary N) is 1. The van der Waals surface area contributed by atoms with E-state index in [0.29, 0.717) is 22.7 Å². The number of nitriles is 1. The molecule has 0 aromatic heterocycles. The molecule has 3 N–H and O–H groups in total. The van der Waals surface area contributed by atoms with Gasteiger partial charge in [0.25, 0.3) is 0 Å². The molecule has 0 heterocycles. The van der Waals surface area contributed by atoms with Crippen LogP contribution in [0, 0.1) is 18.3 Å². The van der Waals surface area contributed by atoms with Crippen molar-refractivity contribution in [3.63, 3.8) is 0 Å². The molecule has 2 aromatic carbocycles. The molecule has 0 saturated heterocycles. The van der Waals surface area contributed by atoms with E-state index in [1.54, 1.807) is 42.5 Å². The normalized spacial score (nSPS) is 9.82. The smallest absolute Gasteiger partial charge is 0.227 e. The van der Waals surface area contributed by atoms with Gasteiger partial charge in [-0.05, 0) is 36.8 Å². The number of anilines is 2. The van der Waals surface area contributed by atoms with Gasteiger partial charge in [-0.3, -0.25) is 4.79 Å². The Balaban J connectivity index is 1.88. The summed E-state index contributed by atoms with van der Waals surface area (Å²) in [5.74, 6) is 0.320. The third kappa shape index (κ3) is 3.76. The van der Waals surface area contributed by atoms with E-state index < -0.39 is 0 Å². The van der Waals surface area contributed by atoms with Gasteiger partial charge in [0, 0.05) is 11.4 Å². The van der Waals surface area contributed by atoms with E-state index in [9.17, 15) is 4.79 Å². The molecule has 0 radical (unpaired) electrons. The minimum atomic E-state index is -0.164. The van der Waals surface area contributed by atoms with Gasteiger partial charge in [0.15, 0.2) is 0 Å². The van der Waals surface area contributed by atoms with Crippen molar-refractivity contribution in [1.29, 1.82) is 5.26 Å². The van der Waals surface area contributed by atoms with Gasteiger partial charge in [0.05, 0.1) is 18.6 Å². The molecule has 22 heavy (non-hydrogen) atoms. The minimum Gasteiger partial charge on any atom is -0.492 e. The third-order valence-electron chi connectivity index (χ3n) is 3.24. The number of nitrogens with zero attached hydrogens (tertiary/aromatic N) is 1. The number of amides is 1. The van der Waals surface area contributed by atoms with Crippen LogP contribution in [0.2, 0.25) is 0 Å². The molecular formula is C17H17N3O2. The SMILES string of the molecule is Cc1c(N)cccc1NC(=O)CCOc1ccccc1C#N. The summed E-state index contributed by atoms with van der Waals surface area (Å²) in [6, 6.07) is 14.4. The molecule has 0 fully saturated rings. The van der Waals surface area contributed by atoms with Gasteiger partial charge in [-0.2, -0.15) is 5.26 Å². The quantitative estimate of drug-likeness (QED) is 0.830. The first-order valence-corrected chi connectivity index (χ1v) is 6.88. The summed E-state index contributed by atoms with van der Waals surface area (Å²) < 4.78 is 5.48. The van der Waals surface area contributed by atoms with Crippen molar-refractivity contribution in [1.82, 2.24) is 0 Å². The number of rotatable bonds is 5. The highest BCUT2D eigenvalue weighted by Crippen LogP contribution is 2.21. The summed E-state index contributed by atoms with van der Waals surface area (Å²) in [6.07, 6.45) is 0.188. The number of nitrogens with one attached hydrogen (secondary N) is 1. The first kappa shape index (κ1) is 15.4. The van der Waals surface area contributed by atoms with E-state index in [1.807, 2.05) is 13.0 Å². The minimum absolute atomic E-state index is 0.164. The summed E-state index contributed by atoms with van der Waals surface area (Å²) in [7, 11) is 0. The summed E-state index contributed by atoms with van der Waals surface area (Å²) in [4.78, 5) is 11.9. The van der Waals surface area contributed by atoms with E-state index in [4.69, 9.17) is 15.7 Å². The van der Waals surface area contributed by atoms with Crippen LogP contribution in [0.15, 0.2) is 42.5 Å². The van der Waals surface area contributed by atoms with Crippen LogP contribution in [0.3, 0.4) is 0 Å². The fourth-order valence-corrected chi connectivity index (χ4v) is 1.94. The third-order valence-corrected chi connectivity index (χ3v) is 3.24. The van der Waals surface area contributed by atoms with E-state index >= 15 is 0 Å².